The summed E-state index contributed by atoms with van der Waals surface area (Å²) < 4.78 is 6.56. The predicted molar refractivity (Wildman–Crippen MR) is 210 cm³/mol. The largest absolute Gasteiger partial charge is 0.456 e. The van der Waals surface area contributed by atoms with Crippen LogP contribution in [0.15, 0.2) is 144 Å². The third-order valence-corrected chi connectivity index (χ3v) is 12.0. The van der Waals surface area contributed by atoms with E-state index in [1.165, 1.54) is 76.8 Å². The van der Waals surface area contributed by atoms with Crippen LogP contribution in [0.25, 0.3) is 65.7 Å². The van der Waals surface area contributed by atoms with E-state index in [0.29, 0.717) is 0 Å². The zero-order valence-electron chi connectivity index (χ0n) is 28.6. The Morgan fingerprint density at radius 2 is 0.900 bits per heavy atom. The van der Waals surface area contributed by atoms with Crippen LogP contribution >= 0.6 is 0 Å². The maximum atomic E-state index is 6.56. The molecule has 0 N–H and O–H groups in total. The highest BCUT2D eigenvalue weighted by molar-refractivity contribution is 6.35. The molecular weight excluding hydrogens is 607 g/mol. The molecule has 8 aromatic carbocycles. The Hall–Kier alpha value is -5.86. The summed E-state index contributed by atoms with van der Waals surface area (Å²) in [4.78, 5) is 2.51. The van der Waals surface area contributed by atoms with Gasteiger partial charge in [-0.1, -0.05) is 125 Å². The van der Waals surface area contributed by atoms with Gasteiger partial charge in [-0.2, -0.15) is 0 Å². The number of hydrogen-bond acceptors (Lipinski definition) is 2. The Morgan fingerprint density at radius 3 is 1.54 bits per heavy atom. The zero-order valence-corrected chi connectivity index (χ0v) is 28.6. The van der Waals surface area contributed by atoms with E-state index >= 15 is 0 Å². The Morgan fingerprint density at radius 1 is 0.400 bits per heavy atom. The minimum absolute atomic E-state index is 0.115. The number of rotatable bonds is 3. The van der Waals surface area contributed by atoms with Gasteiger partial charge in [-0.3, -0.25) is 0 Å². The van der Waals surface area contributed by atoms with Crippen molar-refractivity contribution in [2.45, 2.75) is 38.5 Å². The molecular formula is C48H35NO. The monoisotopic (exact) mass is 641 g/mol. The van der Waals surface area contributed by atoms with Crippen molar-refractivity contribution in [3.05, 3.63) is 162 Å². The summed E-state index contributed by atoms with van der Waals surface area (Å²) in [6, 6.07) is 51.9. The summed E-state index contributed by atoms with van der Waals surface area (Å²) >= 11 is 0. The SMILES string of the molecule is CC1(C)c2ccccc2-c2ccc(N(c3ccc4c(c3)C(C)(C)c3ccccc3-4)c3ccc4oc5cccc6c7ccccc7c3c4c56)cc21. The first-order valence-electron chi connectivity index (χ1n) is 17.7. The van der Waals surface area contributed by atoms with Crippen molar-refractivity contribution in [2.75, 3.05) is 4.90 Å². The van der Waals surface area contributed by atoms with E-state index in [1.54, 1.807) is 0 Å². The van der Waals surface area contributed by atoms with Crippen molar-refractivity contribution >= 4 is 60.5 Å². The summed E-state index contributed by atoms with van der Waals surface area (Å²) in [7, 11) is 0. The summed E-state index contributed by atoms with van der Waals surface area (Å²) in [6.45, 7) is 9.47. The number of hydrogen-bond donors (Lipinski definition) is 0. The van der Waals surface area contributed by atoms with E-state index in [2.05, 4.69) is 172 Å². The van der Waals surface area contributed by atoms with E-state index in [9.17, 15) is 0 Å². The molecule has 2 heteroatoms. The molecule has 0 unspecified atom stereocenters. The molecule has 9 aromatic rings. The highest BCUT2D eigenvalue weighted by Gasteiger charge is 2.38. The van der Waals surface area contributed by atoms with Gasteiger partial charge in [0.25, 0.3) is 0 Å². The maximum absolute atomic E-state index is 6.56. The second-order valence-electron chi connectivity index (χ2n) is 15.3. The fourth-order valence-electron chi connectivity index (χ4n) is 9.61. The van der Waals surface area contributed by atoms with Gasteiger partial charge in [0, 0.05) is 38.4 Å². The topological polar surface area (TPSA) is 16.4 Å². The fraction of sp³-hybridized carbons (Fsp3) is 0.125. The standard InChI is InChI=1S/C48H35NO/c1-47(2)37-17-9-7-13-31(37)33-22-20-28(26-39(33)47)49(29-21-23-34-32-14-8-10-18-38(32)48(3,4)40(34)27-29)41-24-25-43-46-44(41)35-15-6-5-12-30(35)36-16-11-19-42(50-43)45(36)46/h5-27H,1-4H3. The van der Waals surface area contributed by atoms with Crippen molar-refractivity contribution in [1.82, 2.24) is 0 Å². The van der Waals surface area contributed by atoms with Crippen LogP contribution in [0.4, 0.5) is 17.1 Å². The number of fused-ring (bicyclic) bond motifs is 9. The second kappa shape index (κ2) is 9.43. The van der Waals surface area contributed by atoms with Gasteiger partial charge in [0.15, 0.2) is 0 Å². The van der Waals surface area contributed by atoms with Crippen molar-refractivity contribution in [3.8, 4) is 22.3 Å². The van der Waals surface area contributed by atoms with Crippen LogP contribution in [0, 0.1) is 0 Å². The van der Waals surface area contributed by atoms with Crippen LogP contribution in [0.3, 0.4) is 0 Å². The van der Waals surface area contributed by atoms with Crippen LogP contribution in [-0.2, 0) is 10.8 Å². The van der Waals surface area contributed by atoms with Gasteiger partial charge in [0.1, 0.15) is 11.2 Å². The van der Waals surface area contributed by atoms with E-state index in [-0.39, 0.29) is 10.8 Å². The van der Waals surface area contributed by atoms with Crippen LogP contribution < -0.4 is 4.90 Å². The third kappa shape index (κ3) is 3.43. The Bertz CT molecular complexity index is 2780. The first-order valence-corrected chi connectivity index (χ1v) is 17.7. The molecule has 2 nitrogen and oxygen atoms in total. The molecule has 11 rings (SSSR count). The van der Waals surface area contributed by atoms with Gasteiger partial charge < -0.3 is 9.32 Å². The molecule has 0 radical (unpaired) electrons. The Kier molecular flexibility index (Phi) is 5.28. The molecule has 0 fully saturated rings. The van der Waals surface area contributed by atoms with Gasteiger partial charge in [0.05, 0.1) is 5.69 Å². The lowest BCUT2D eigenvalue weighted by atomic mass is 9.82. The fourth-order valence-corrected chi connectivity index (χ4v) is 9.61. The summed E-state index contributed by atoms with van der Waals surface area (Å²) in [5, 5.41) is 7.34. The molecule has 2 aliphatic carbocycles. The van der Waals surface area contributed by atoms with Crippen molar-refractivity contribution in [2.24, 2.45) is 0 Å². The quantitative estimate of drug-likeness (QED) is 0.179. The lowest BCUT2D eigenvalue weighted by molar-refractivity contribution is 0.660. The maximum Gasteiger partial charge on any atom is 0.136 e. The number of furan rings is 1. The van der Waals surface area contributed by atoms with Crippen LogP contribution in [0.1, 0.15) is 49.9 Å². The van der Waals surface area contributed by atoms with Crippen molar-refractivity contribution < 1.29 is 4.42 Å². The van der Waals surface area contributed by atoms with Crippen molar-refractivity contribution in [1.29, 1.82) is 0 Å². The molecule has 2 aliphatic rings. The average molecular weight is 642 g/mol. The number of anilines is 3. The van der Waals surface area contributed by atoms with E-state index in [1.807, 2.05) is 0 Å². The minimum Gasteiger partial charge on any atom is -0.456 e. The van der Waals surface area contributed by atoms with E-state index in [0.717, 1.165) is 28.2 Å². The van der Waals surface area contributed by atoms with Crippen molar-refractivity contribution in [3.63, 3.8) is 0 Å². The van der Waals surface area contributed by atoms with Gasteiger partial charge in [0.2, 0.25) is 0 Å². The smallest absolute Gasteiger partial charge is 0.136 e. The minimum atomic E-state index is -0.115. The molecule has 0 aliphatic heterocycles. The normalized spacial score (nSPS) is 15.1. The molecule has 0 saturated carbocycles. The zero-order chi connectivity index (χ0) is 33.5. The Balaban J connectivity index is 1.24. The lowest BCUT2D eigenvalue weighted by Gasteiger charge is -2.31. The Labute approximate surface area is 291 Å². The summed E-state index contributed by atoms with van der Waals surface area (Å²) in [5.41, 5.74) is 15.9. The van der Waals surface area contributed by atoms with Crippen LogP contribution in [0.2, 0.25) is 0 Å². The highest BCUT2D eigenvalue weighted by atomic mass is 16.3. The molecule has 0 amide bonds. The van der Waals surface area contributed by atoms with Crippen LogP contribution in [0.5, 0.6) is 0 Å². The molecule has 0 atom stereocenters. The van der Waals surface area contributed by atoms with Gasteiger partial charge >= 0.3 is 0 Å². The van der Waals surface area contributed by atoms with Crippen LogP contribution in [-0.4, -0.2) is 0 Å². The number of benzene rings is 8. The van der Waals surface area contributed by atoms with E-state index in [4.69, 9.17) is 4.42 Å². The third-order valence-electron chi connectivity index (χ3n) is 12.0. The highest BCUT2D eigenvalue weighted by Crippen LogP contribution is 2.55. The molecule has 1 heterocycles. The summed E-state index contributed by atoms with van der Waals surface area (Å²) in [6.07, 6.45) is 0. The van der Waals surface area contributed by atoms with E-state index < -0.39 is 0 Å². The molecule has 50 heavy (non-hydrogen) atoms. The second-order valence-corrected chi connectivity index (χ2v) is 15.3. The molecule has 0 bridgehead atoms. The lowest BCUT2D eigenvalue weighted by Crippen LogP contribution is -2.18. The van der Waals surface area contributed by atoms with Gasteiger partial charge in [-0.05, 0) is 103 Å². The van der Waals surface area contributed by atoms with Gasteiger partial charge in [-0.15, -0.1) is 0 Å². The molecule has 0 spiro atoms. The average Bonchev–Trinajstić information content (AvgIpc) is 3.72. The molecule has 1 aromatic heterocycles. The first-order chi connectivity index (χ1) is 24.3. The predicted octanol–water partition coefficient (Wildman–Crippen LogP) is 13.4. The first kappa shape index (κ1) is 28.0. The molecule has 238 valence electrons. The summed E-state index contributed by atoms with van der Waals surface area (Å²) in [5.74, 6) is 0. The number of nitrogens with zero attached hydrogens (tertiary/aromatic N) is 1. The van der Waals surface area contributed by atoms with Gasteiger partial charge in [-0.25, -0.2) is 0 Å². The molecule has 0 saturated heterocycles.